The van der Waals surface area contributed by atoms with Crippen molar-refractivity contribution in [3.05, 3.63) is 60.2 Å². The Hall–Kier alpha value is -3.07. The van der Waals surface area contributed by atoms with Crippen molar-refractivity contribution in [2.75, 3.05) is 7.11 Å². The second kappa shape index (κ2) is 8.75. The minimum absolute atomic E-state index is 0.0547. The minimum atomic E-state index is -0.551. The van der Waals surface area contributed by atoms with Crippen LogP contribution in [0.2, 0.25) is 0 Å². The number of nitrogens with zero attached hydrogens (tertiary/aromatic N) is 3. The van der Waals surface area contributed by atoms with Crippen molar-refractivity contribution < 1.29 is 18.7 Å². The largest absolute Gasteiger partial charge is 0.497 e. The van der Waals surface area contributed by atoms with Gasteiger partial charge in [-0.15, -0.1) is 10.2 Å². The molecule has 146 valence electrons. The molecule has 3 aromatic rings. The molecule has 0 fully saturated rings. The van der Waals surface area contributed by atoms with E-state index in [9.17, 15) is 9.18 Å². The van der Waals surface area contributed by atoms with E-state index in [4.69, 9.17) is 15.2 Å². The van der Waals surface area contributed by atoms with Crippen LogP contribution in [0.1, 0.15) is 12.7 Å². The molecule has 1 heterocycles. The summed E-state index contributed by atoms with van der Waals surface area (Å²) in [5.74, 6) is 0.760. The van der Waals surface area contributed by atoms with Gasteiger partial charge in [0.25, 0.3) is 0 Å². The minimum Gasteiger partial charge on any atom is -0.497 e. The lowest BCUT2D eigenvalue weighted by atomic mass is 10.3. The Labute approximate surface area is 165 Å². The SMILES string of the molecule is COc1ccc(OCc2nnc(S[C@@H](C)C(N)=O)n2-c2ccccc2F)cc1. The highest BCUT2D eigenvalue weighted by Crippen LogP contribution is 2.27. The van der Waals surface area contributed by atoms with Gasteiger partial charge < -0.3 is 15.2 Å². The third-order valence-electron chi connectivity index (χ3n) is 3.90. The highest BCUT2D eigenvalue weighted by Gasteiger charge is 2.21. The fourth-order valence-electron chi connectivity index (χ4n) is 2.38. The van der Waals surface area contributed by atoms with Crippen molar-refractivity contribution in [2.45, 2.75) is 23.9 Å². The summed E-state index contributed by atoms with van der Waals surface area (Å²) < 4.78 is 26.8. The lowest BCUT2D eigenvalue weighted by Crippen LogP contribution is -2.23. The van der Waals surface area contributed by atoms with Crippen molar-refractivity contribution in [2.24, 2.45) is 5.73 Å². The highest BCUT2D eigenvalue weighted by molar-refractivity contribution is 8.00. The molecule has 0 spiro atoms. The summed E-state index contributed by atoms with van der Waals surface area (Å²) in [6.07, 6.45) is 0. The van der Waals surface area contributed by atoms with Gasteiger partial charge in [0.05, 0.1) is 18.0 Å². The highest BCUT2D eigenvalue weighted by atomic mass is 32.2. The molecule has 28 heavy (non-hydrogen) atoms. The summed E-state index contributed by atoms with van der Waals surface area (Å²) in [4.78, 5) is 11.4. The zero-order valence-corrected chi connectivity index (χ0v) is 16.1. The average molecular weight is 402 g/mol. The number of nitrogens with two attached hydrogens (primary N) is 1. The predicted octanol–water partition coefficient (Wildman–Crippen LogP) is 2.96. The number of primary amides is 1. The number of hydrogen-bond acceptors (Lipinski definition) is 6. The van der Waals surface area contributed by atoms with Gasteiger partial charge in [-0.05, 0) is 43.3 Å². The van der Waals surface area contributed by atoms with E-state index in [2.05, 4.69) is 10.2 Å². The smallest absolute Gasteiger partial charge is 0.230 e. The Morgan fingerprint density at radius 1 is 1.18 bits per heavy atom. The fourth-order valence-corrected chi connectivity index (χ4v) is 3.21. The normalized spacial score (nSPS) is 11.8. The maximum Gasteiger partial charge on any atom is 0.230 e. The molecular formula is C19H19FN4O3S. The van der Waals surface area contributed by atoms with Gasteiger partial charge in [-0.3, -0.25) is 9.36 Å². The van der Waals surface area contributed by atoms with E-state index in [1.165, 1.54) is 10.6 Å². The Bertz CT molecular complexity index is 962. The molecule has 9 heteroatoms. The maximum absolute atomic E-state index is 14.4. The van der Waals surface area contributed by atoms with E-state index in [1.54, 1.807) is 56.5 Å². The number of amides is 1. The number of ether oxygens (including phenoxy) is 2. The number of rotatable bonds is 8. The zero-order chi connectivity index (χ0) is 20.1. The van der Waals surface area contributed by atoms with Gasteiger partial charge in [0.2, 0.25) is 5.91 Å². The molecular weight excluding hydrogens is 383 g/mol. The van der Waals surface area contributed by atoms with Crippen LogP contribution in [-0.4, -0.2) is 33.0 Å². The lowest BCUT2D eigenvalue weighted by molar-refractivity contribution is -0.117. The first-order chi connectivity index (χ1) is 13.5. The molecule has 3 rings (SSSR count). The molecule has 1 atom stereocenters. The topological polar surface area (TPSA) is 92.3 Å². The Kier molecular flexibility index (Phi) is 6.15. The van der Waals surface area contributed by atoms with E-state index >= 15 is 0 Å². The van der Waals surface area contributed by atoms with Crippen LogP contribution >= 0.6 is 11.8 Å². The Balaban J connectivity index is 1.90. The summed E-state index contributed by atoms with van der Waals surface area (Å²) in [6, 6.07) is 13.3. The molecule has 1 aromatic heterocycles. The molecule has 0 aliphatic carbocycles. The molecule has 0 aliphatic heterocycles. The Morgan fingerprint density at radius 2 is 1.86 bits per heavy atom. The van der Waals surface area contributed by atoms with Gasteiger partial charge >= 0.3 is 0 Å². The molecule has 0 saturated carbocycles. The summed E-state index contributed by atoms with van der Waals surface area (Å²) >= 11 is 1.11. The van der Waals surface area contributed by atoms with E-state index in [0.717, 1.165) is 11.8 Å². The van der Waals surface area contributed by atoms with Gasteiger partial charge in [0.15, 0.2) is 11.0 Å². The molecule has 0 radical (unpaired) electrons. The maximum atomic E-state index is 14.4. The fraction of sp³-hybridized carbons (Fsp3) is 0.211. The third kappa shape index (κ3) is 4.42. The van der Waals surface area contributed by atoms with Crippen molar-refractivity contribution in [1.82, 2.24) is 14.8 Å². The number of carbonyl (C=O) groups excluding carboxylic acids is 1. The molecule has 0 bridgehead atoms. The molecule has 0 unspecified atom stereocenters. The monoisotopic (exact) mass is 402 g/mol. The molecule has 2 aromatic carbocycles. The summed E-state index contributed by atoms with van der Waals surface area (Å²) in [5.41, 5.74) is 5.61. The summed E-state index contributed by atoms with van der Waals surface area (Å²) in [6.45, 7) is 1.71. The summed E-state index contributed by atoms with van der Waals surface area (Å²) in [5, 5.41) is 8.02. The van der Waals surface area contributed by atoms with Gasteiger partial charge in [-0.25, -0.2) is 4.39 Å². The summed E-state index contributed by atoms with van der Waals surface area (Å²) in [7, 11) is 1.58. The standard InChI is InChI=1S/C19H19FN4O3S/c1-12(18(21)25)28-19-23-22-17(24(19)16-6-4-3-5-15(16)20)11-27-14-9-7-13(26-2)8-10-14/h3-10,12H,11H2,1-2H3,(H2,21,25)/t12-/m0/s1. The van der Waals surface area contributed by atoms with Crippen LogP contribution in [0.3, 0.4) is 0 Å². The lowest BCUT2D eigenvalue weighted by Gasteiger charge is -2.13. The van der Waals surface area contributed by atoms with Gasteiger partial charge in [-0.1, -0.05) is 23.9 Å². The zero-order valence-electron chi connectivity index (χ0n) is 15.3. The van der Waals surface area contributed by atoms with E-state index in [-0.39, 0.29) is 12.3 Å². The first-order valence-corrected chi connectivity index (χ1v) is 9.29. The number of benzene rings is 2. The molecule has 7 nitrogen and oxygen atoms in total. The number of hydrogen-bond donors (Lipinski definition) is 1. The Morgan fingerprint density at radius 3 is 2.50 bits per heavy atom. The van der Waals surface area contributed by atoms with Crippen LogP contribution in [0.5, 0.6) is 11.5 Å². The van der Waals surface area contributed by atoms with Gasteiger partial charge in [0.1, 0.15) is 23.9 Å². The van der Waals surface area contributed by atoms with Crippen molar-refractivity contribution in [3.63, 3.8) is 0 Å². The number of halogens is 1. The van der Waals surface area contributed by atoms with Crippen LogP contribution < -0.4 is 15.2 Å². The second-order valence-electron chi connectivity index (χ2n) is 5.81. The quantitative estimate of drug-likeness (QED) is 0.583. The van der Waals surface area contributed by atoms with Crippen molar-refractivity contribution >= 4 is 17.7 Å². The number of aromatic nitrogens is 3. The molecule has 0 saturated heterocycles. The number of carbonyl (C=O) groups is 1. The van der Waals surface area contributed by atoms with Gasteiger partial charge in [0, 0.05) is 0 Å². The first kappa shape index (κ1) is 19.7. The molecule has 2 N–H and O–H groups in total. The van der Waals surface area contributed by atoms with Crippen LogP contribution in [-0.2, 0) is 11.4 Å². The number of thioether (sulfide) groups is 1. The van der Waals surface area contributed by atoms with Crippen LogP contribution in [0.4, 0.5) is 4.39 Å². The molecule has 1 amide bonds. The number of methoxy groups -OCH3 is 1. The third-order valence-corrected chi connectivity index (χ3v) is 4.96. The number of para-hydroxylation sites is 1. The van der Waals surface area contributed by atoms with Crippen LogP contribution in [0.15, 0.2) is 53.7 Å². The van der Waals surface area contributed by atoms with Crippen LogP contribution in [0, 0.1) is 5.82 Å². The van der Waals surface area contributed by atoms with E-state index < -0.39 is 17.0 Å². The first-order valence-electron chi connectivity index (χ1n) is 8.41. The van der Waals surface area contributed by atoms with Gasteiger partial charge in [-0.2, -0.15) is 0 Å². The predicted molar refractivity (Wildman–Crippen MR) is 103 cm³/mol. The average Bonchev–Trinajstić information content (AvgIpc) is 3.09. The van der Waals surface area contributed by atoms with Crippen molar-refractivity contribution in [3.8, 4) is 17.2 Å². The van der Waals surface area contributed by atoms with Crippen molar-refractivity contribution in [1.29, 1.82) is 0 Å². The molecule has 0 aliphatic rings. The van der Waals surface area contributed by atoms with E-state index in [0.29, 0.717) is 22.5 Å². The van der Waals surface area contributed by atoms with Crippen LogP contribution in [0.25, 0.3) is 5.69 Å². The van der Waals surface area contributed by atoms with E-state index in [1.807, 2.05) is 0 Å². The second-order valence-corrected chi connectivity index (χ2v) is 7.12.